The van der Waals surface area contributed by atoms with Crippen LogP contribution in [0.15, 0.2) is 0 Å². The first-order chi connectivity index (χ1) is 9.29. The number of likely N-dealkylation sites (tertiary alicyclic amines) is 1. The summed E-state index contributed by atoms with van der Waals surface area (Å²) < 4.78 is 5.59. The Kier molecular flexibility index (Phi) is 5.36. The van der Waals surface area contributed by atoms with Crippen LogP contribution < -0.4 is 5.73 Å². The number of piperidine rings is 1. The molecule has 21 heavy (non-hydrogen) atoms. The molecule has 0 aromatic rings. The van der Waals surface area contributed by atoms with Crippen LogP contribution in [0.4, 0.5) is 4.79 Å². The Labute approximate surface area is 130 Å². The molecule has 0 bridgehead atoms. The van der Waals surface area contributed by atoms with E-state index in [0.717, 1.165) is 32.2 Å². The van der Waals surface area contributed by atoms with Crippen LogP contribution in [0, 0.1) is 5.41 Å². The van der Waals surface area contributed by atoms with Crippen molar-refractivity contribution in [2.45, 2.75) is 91.3 Å². The van der Waals surface area contributed by atoms with Gasteiger partial charge in [-0.3, -0.25) is 0 Å². The molecule has 1 aliphatic heterocycles. The van der Waals surface area contributed by atoms with Gasteiger partial charge >= 0.3 is 6.09 Å². The predicted molar refractivity (Wildman–Crippen MR) is 87.2 cm³/mol. The lowest BCUT2D eigenvalue weighted by Gasteiger charge is -2.44. The summed E-state index contributed by atoms with van der Waals surface area (Å²) in [5.41, 5.74) is 5.62. The zero-order chi connectivity index (χ0) is 16.5. The normalized spacial score (nSPS) is 23.0. The second kappa shape index (κ2) is 6.15. The van der Waals surface area contributed by atoms with E-state index in [1.54, 1.807) is 0 Å². The van der Waals surface area contributed by atoms with Crippen LogP contribution in [0.3, 0.4) is 0 Å². The summed E-state index contributed by atoms with van der Waals surface area (Å²) in [5, 5.41) is 0. The maximum atomic E-state index is 12.5. The van der Waals surface area contributed by atoms with Crippen LogP contribution in [0.5, 0.6) is 0 Å². The molecular weight excluding hydrogens is 264 g/mol. The van der Waals surface area contributed by atoms with Crippen molar-refractivity contribution in [3.8, 4) is 0 Å². The van der Waals surface area contributed by atoms with Gasteiger partial charge in [0, 0.05) is 18.1 Å². The molecule has 1 rings (SSSR count). The van der Waals surface area contributed by atoms with Crippen molar-refractivity contribution < 1.29 is 9.53 Å². The first-order valence-corrected chi connectivity index (χ1v) is 8.08. The Balaban J connectivity index is 2.77. The van der Waals surface area contributed by atoms with Gasteiger partial charge in [0.25, 0.3) is 0 Å². The summed E-state index contributed by atoms with van der Waals surface area (Å²) in [6, 6.07) is 0.246. The van der Waals surface area contributed by atoms with Crippen molar-refractivity contribution in [3.63, 3.8) is 0 Å². The van der Waals surface area contributed by atoms with E-state index in [1.165, 1.54) is 0 Å². The molecular formula is C17H34N2O2. The van der Waals surface area contributed by atoms with E-state index >= 15 is 0 Å². The monoisotopic (exact) mass is 298 g/mol. The molecule has 0 radical (unpaired) electrons. The molecule has 0 aromatic heterocycles. The van der Waals surface area contributed by atoms with E-state index in [1.807, 2.05) is 39.5 Å². The van der Waals surface area contributed by atoms with Crippen molar-refractivity contribution in [2.75, 3.05) is 6.54 Å². The lowest BCUT2D eigenvalue weighted by Crippen LogP contribution is -2.52. The van der Waals surface area contributed by atoms with Crippen molar-refractivity contribution in [3.05, 3.63) is 0 Å². The molecule has 1 heterocycles. The lowest BCUT2D eigenvalue weighted by molar-refractivity contribution is -0.00970. The Morgan fingerprint density at radius 1 is 1.29 bits per heavy atom. The highest BCUT2D eigenvalue weighted by atomic mass is 16.6. The number of hydrogen-bond donors (Lipinski definition) is 1. The van der Waals surface area contributed by atoms with Gasteiger partial charge in [0.2, 0.25) is 0 Å². The Bertz CT molecular complexity index is 364. The summed E-state index contributed by atoms with van der Waals surface area (Å²) in [5.74, 6) is 0. The van der Waals surface area contributed by atoms with Crippen LogP contribution >= 0.6 is 0 Å². The first-order valence-electron chi connectivity index (χ1n) is 8.08. The van der Waals surface area contributed by atoms with Crippen LogP contribution in [0.2, 0.25) is 0 Å². The van der Waals surface area contributed by atoms with Gasteiger partial charge < -0.3 is 15.4 Å². The Morgan fingerprint density at radius 3 is 2.33 bits per heavy atom. The van der Waals surface area contributed by atoms with Gasteiger partial charge in [-0.15, -0.1) is 0 Å². The third-order valence-corrected chi connectivity index (χ3v) is 3.94. The molecule has 0 aromatic carbocycles. The minimum Gasteiger partial charge on any atom is -0.444 e. The second-order valence-corrected chi connectivity index (χ2v) is 8.99. The molecule has 2 N–H and O–H groups in total. The molecule has 124 valence electrons. The zero-order valence-electron chi connectivity index (χ0n) is 15.0. The molecule has 4 heteroatoms. The van der Waals surface area contributed by atoms with E-state index in [-0.39, 0.29) is 23.1 Å². The standard InChI is InChI=1S/C17H34N2O2/c1-15(2,3)21-14(20)19-12-16(4,5)10-8-13(19)9-11-17(6,7)18/h13H,8-12,18H2,1-7H3. The van der Waals surface area contributed by atoms with Crippen LogP contribution in [0.25, 0.3) is 0 Å². The molecule has 0 aliphatic carbocycles. The van der Waals surface area contributed by atoms with Crippen molar-refractivity contribution in [1.82, 2.24) is 4.90 Å². The minimum absolute atomic E-state index is 0.158. The highest BCUT2D eigenvalue weighted by Crippen LogP contribution is 2.35. The van der Waals surface area contributed by atoms with E-state index in [4.69, 9.17) is 10.5 Å². The molecule has 1 unspecified atom stereocenters. The fraction of sp³-hybridized carbons (Fsp3) is 0.941. The van der Waals surface area contributed by atoms with Gasteiger partial charge in [-0.1, -0.05) is 13.8 Å². The van der Waals surface area contributed by atoms with E-state index in [9.17, 15) is 4.79 Å². The first kappa shape index (κ1) is 18.3. The summed E-state index contributed by atoms with van der Waals surface area (Å²) >= 11 is 0. The average Bonchev–Trinajstić information content (AvgIpc) is 2.22. The van der Waals surface area contributed by atoms with Gasteiger partial charge in [0.15, 0.2) is 0 Å². The fourth-order valence-corrected chi connectivity index (χ4v) is 2.76. The second-order valence-electron chi connectivity index (χ2n) is 8.99. The minimum atomic E-state index is -0.448. The number of amides is 1. The summed E-state index contributed by atoms with van der Waals surface area (Å²) in [6.07, 6.45) is 3.84. The number of hydrogen-bond acceptors (Lipinski definition) is 3. The molecule has 1 atom stereocenters. The third kappa shape index (κ3) is 6.68. The van der Waals surface area contributed by atoms with Gasteiger partial charge in [0.1, 0.15) is 5.60 Å². The average molecular weight is 298 g/mol. The topological polar surface area (TPSA) is 55.6 Å². The summed E-state index contributed by atoms with van der Waals surface area (Å²) in [7, 11) is 0. The lowest BCUT2D eigenvalue weighted by atomic mass is 9.79. The number of carbonyl (C=O) groups is 1. The van der Waals surface area contributed by atoms with Gasteiger partial charge in [-0.05, 0) is 65.7 Å². The predicted octanol–water partition coefficient (Wildman–Crippen LogP) is 3.93. The molecule has 0 spiro atoms. The van der Waals surface area contributed by atoms with Crippen LogP contribution in [-0.2, 0) is 4.74 Å². The molecule has 0 saturated carbocycles. The van der Waals surface area contributed by atoms with Gasteiger partial charge in [-0.25, -0.2) is 4.79 Å². The Hall–Kier alpha value is -0.770. The summed E-state index contributed by atoms with van der Waals surface area (Å²) in [4.78, 5) is 14.4. The van der Waals surface area contributed by atoms with Crippen LogP contribution in [-0.4, -0.2) is 34.7 Å². The van der Waals surface area contributed by atoms with Crippen molar-refractivity contribution in [1.29, 1.82) is 0 Å². The summed E-state index contributed by atoms with van der Waals surface area (Å²) in [6.45, 7) is 15.0. The molecule has 1 saturated heterocycles. The number of rotatable bonds is 3. The van der Waals surface area contributed by atoms with Crippen molar-refractivity contribution in [2.24, 2.45) is 11.1 Å². The molecule has 1 amide bonds. The highest BCUT2D eigenvalue weighted by molar-refractivity contribution is 5.68. The molecule has 4 nitrogen and oxygen atoms in total. The van der Waals surface area contributed by atoms with E-state index < -0.39 is 5.60 Å². The molecule has 1 aliphatic rings. The number of carbonyl (C=O) groups excluding carboxylic acids is 1. The molecule has 1 fully saturated rings. The van der Waals surface area contributed by atoms with Crippen LogP contribution in [0.1, 0.15) is 74.1 Å². The number of nitrogens with zero attached hydrogens (tertiary/aromatic N) is 1. The Morgan fingerprint density at radius 2 is 1.86 bits per heavy atom. The maximum absolute atomic E-state index is 12.5. The largest absolute Gasteiger partial charge is 0.444 e. The highest BCUT2D eigenvalue weighted by Gasteiger charge is 2.37. The SMILES string of the molecule is CC(C)(N)CCC1CCC(C)(C)CN1C(=O)OC(C)(C)C. The van der Waals surface area contributed by atoms with Gasteiger partial charge in [0.05, 0.1) is 0 Å². The fourth-order valence-electron chi connectivity index (χ4n) is 2.76. The van der Waals surface area contributed by atoms with E-state index in [0.29, 0.717) is 0 Å². The van der Waals surface area contributed by atoms with Gasteiger partial charge in [-0.2, -0.15) is 0 Å². The number of nitrogens with two attached hydrogens (primary N) is 1. The van der Waals surface area contributed by atoms with E-state index in [2.05, 4.69) is 13.8 Å². The third-order valence-electron chi connectivity index (χ3n) is 3.94. The zero-order valence-corrected chi connectivity index (χ0v) is 15.0. The smallest absolute Gasteiger partial charge is 0.410 e. The van der Waals surface area contributed by atoms with Crippen molar-refractivity contribution >= 4 is 6.09 Å². The quantitative estimate of drug-likeness (QED) is 0.859. The number of ether oxygens (including phenoxy) is 1. The maximum Gasteiger partial charge on any atom is 0.410 e.